The van der Waals surface area contributed by atoms with Crippen molar-refractivity contribution < 1.29 is 13.2 Å². The number of hydrogen-bond acceptors (Lipinski definition) is 2. The van der Waals surface area contributed by atoms with Crippen molar-refractivity contribution in [2.45, 2.75) is 32.0 Å². The van der Waals surface area contributed by atoms with Crippen LogP contribution in [0.2, 0.25) is 0 Å². The minimum Gasteiger partial charge on any atom is -0.310 e. The van der Waals surface area contributed by atoms with Crippen LogP contribution in [-0.2, 0) is 0 Å². The predicted molar refractivity (Wildman–Crippen MR) is 73.4 cm³/mol. The summed E-state index contributed by atoms with van der Waals surface area (Å²) in [5, 5.41) is 5.03. The predicted octanol–water partition coefficient (Wildman–Crippen LogP) is 4.23. The number of rotatable bonds is 5. The third-order valence-corrected chi connectivity index (χ3v) is 3.26. The molecule has 0 bridgehead atoms. The van der Waals surface area contributed by atoms with Gasteiger partial charge < -0.3 is 5.32 Å². The molecule has 1 heterocycles. The molecule has 0 saturated heterocycles. The smallest absolute Gasteiger partial charge is 0.310 e. The Morgan fingerprint density at radius 3 is 2.75 bits per heavy atom. The van der Waals surface area contributed by atoms with Gasteiger partial charge in [-0.15, -0.1) is 0 Å². The zero-order valence-electron chi connectivity index (χ0n) is 11.2. The van der Waals surface area contributed by atoms with E-state index in [0.29, 0.717) is 6.54 Å². The number of hydrogen-bond donors (Lipinski definition) is 1. The van der Waals surface area contributed by atoms with Gasteiger partial charge in [-0.25, -0.2) is 0 Å². The molecule has 0 aliphatic rings. The average molecular weight is 282 g/mol. The molecule has 1 N–H and O–H groups in total. The second-order valence-corrected chi connectivity index (χ2v) is 4.71. The van der Waals surface area contributed by atoms with E-state index in [2.05, 4.69) is 10.3 Å². The van der Waals surface area contributed by atoms with Gasteiger partial charge in [0.15, 0.2) is 0 Å². The van der Waals surface area contributed by atoms with Crippen molar-refractivity contribution in [3.63, 3.8) is 0 Å². The molecule has 1 atom stereocenters. The highest BCUT2D eigenvalue weighted by Crippen LogP contribution is 2.30. The number of pyridine rings is 1. The standard InChI is InChI=1S/C15H17F3N2/c1-2-20-14(6-8-15(16,17)18)12-5-3-4-11-7-9-19-10-13(11)12/h3-5,7,9-10,14,20H,2,6,8H2,1H3. The first kappa shape index (κ1) is 14.8. The molecule has 0 saturated carbocycles. The number of aromatic nitrogens is 1. The Kier molecular flexibility index (Phi) is 4.60. The van der Waals surface area contributed by atoms with Crippen molar-refractivity contribution in [1.29, 1.82) is 0 Å². The molecule has 2 aromatic rings. The van der Waals surface area contributed by atoms with Gasteiger partial charge in [-0.3, -0.25) is 4.98 Å². The van der Waals surface area contributed by atoms with Crippen molar-refractivity contribution >= 4 is 10.8 Å². The Labute approximate surface area is 116 Å². The van der Waals surface area contributed by atoms with Crippen molar-refractivity contribution in [2.24, 2.45) is 0 Å². The quantitative estimate of drug-likeness (QED) is 0.887. The van der Waals surface area contributed by atoms with Crippen molar-refractivity contribution in [3.05, 3.63) is 42.2 Å². The average Bonchev–Trinajstić information content (AvgIpc) is 2.42. The van der Waals surface area contributed by atoms with E-state index >= 15 is 0 Å². The van der Waals surface area contributed by atoms with Crippen molar-refractivity contribution in [1.82, 2.24) is 10.3 Å². The topological polar surface area (TPSA) is 24.9 Å². The minimum atomic E-state index is -4.13. The normalized spacial score (nSPS) is 13.6. The van der Waals surface area contributed by atoms with E-state index in [1.807, 2.05) is 31.2 Å². The fraction of sp³-hybridized carbons (Fsp3) is 0.400. The van der Waals surface area contributed by atoms with Crippen LogP contribution in [0, 0.1) is 0 Å². The first-order valence-electron chi connectivity index (χ1n) is 6.64. The fourth-order valence-electron chi connectivity index (χ4n) is 2.36. The summed E-state index contributed by atoms with van der Waals surface area (Å²) in [6.07, 6.45) is -1.49. The largest absolute Gasteiger partial charge is 0.389 e. The molecule has 0 aliphatic heterocycles. The Bertz CT molecular complexity index is 561. The number of alkyl halides is 3. The van der Waals surface area contributed by atoms with Crippen LogP contribution >= 0.6 is 0 Å². The molecule has 20 heavy (non-hydrogen) atoms. The second kappa shape index (κ2) is 6.22. The van der Waals surface area contributed by atoms with Crippen LogP contribution in [0.3, 0.4) is 0 Å². The van der Waals surface area contributed by atoms with Gasteiger partial charge in [-0.05, 0) is 30.0 Å². The Morgan fingerprint density at radius 2 is 2.05 bits per heavy atom. The summed E-state index contributed by atoms with van der Waals surface area (Å²) < 4.78 is 37.3. The molecule has 1 unspecified atom stereocenters. The third-order valence-electron chi connectivity index (χ3n) is 3.26. The van der Waals surface area contributed by atoms with E-state index < -0.39 is 12.6 Å². The summed E-state index contributed by atoms with van der Waals surface area (Å²) in [6, 6.07) is 7.23. The Balaban J connectivity index is 2.31. The van der Waals surface area contributed by atoms with Gasteiger partial charge in [-0.2, -0.15) is 13.2 Å². The highest BCUT2D eigenvalue weighted by Gasteiger charge is 2.28. The van der Waals surface area contributed by atoms with E-state index in [0.717, 1.165) is 16.3 Å². The van der Waals surface area contributed by atoms with Gasteiger partial charge in [0.25, 0.3) is 0 Å². The van der Waals surface area contributed by atoms with Crippen LogP contribution < -0.4 is 5.32 Å². The van der Waals surface area contributed by atoms with E-state index in [1.54, 1.807) is 12.4 Å². The van der Waals surface area contributed by atoms with Crippen LogP contribution in [0.4, 0.5) is 13.2 Å². The molecule has 108 valence electrons. The second-order valence-electron chi connectivity index (χ2n) is 4.71. The van der Waals surface area contributed by atoms with Crippen LogP contribution in [0.15, 0.2) is 36.7 Å². The number of fused-ring (bicyclic) bond motifs is 1. The van der Waals surface area contributed by atoms with E-state index in [9.17, 15) is 13.2 Å². The summed E-state index contributed by atoms with van der Waals surface area (Å²) in [6.45, 7) is 2.52. The zero-order chi connectivity index (χ0) is 14.6. The number of benzene rings is 1. The minimum absolute atomic E-state index is 0.0331. The van der Waals surface area contributed by atoms with Crippen LogP contribution in [0.5, 0.6) is 0 Å². The lowest BCUT2D eigenvalue weighted by atomic mass is 9.97. The van der Waals surface area contributed by atoms with Gasteiger partial charge in [0.1, 0.15) is 0 Å². The van der Waals surface area contributed by atoms with E-state index in [1.165, 1.54) is 0 Å². The van der Waals surface area contributed by atoms with Gasteiger partial charge in [0, 0.05) is 30.2 Å². The van der Waals surface area contributed by atoms with Crippen molar-refractivity contribution in [3.8, 4) is 0 Å². The fourth-order valence-corrected chi connectivity index (χ4v) is 2.36. The van der Waals surface area contributed by atoms with Crippen LogP contribution in [-0.4, -0.2) is 17.7 Å². The summed E-state index contributed by atoms with van der Waals surface area (Å²) in [7, 11) is 0. The maximum absolute atomic E-state index is 12.4. The lowest BCUT2D eigenvalue weighted by molar-refractivity contribution is -0.136. The van der Waals surface area contributed by atoms with Crippen LogP contribution in [0.25, 0.3) is 10.8 Å². The van der Waals surface area contributed by atoms with Crippen molar-refractivity contribution in [2.75, 3.05) is 6.54 Å². The lowest BCUT2D eigenvalue weighted by Crippen LogP contribution is -2.23. The molecule has 0 fully saturated rings. The molecule has 0 aliphatic carbocycles. The van der Waals surface area contributed by atoms with Gasteiger partial charge in [0.05, 0.1) is 0 Å². The lowest BCUT2D eigenvalue weighted by Gasteiger charge is -2.20. The summed E-state index contributed by atoms with van der Waals surface area (Å²) >= 11 is 0. The molecule has 5 heteroatoms. The first-order chi connectivity index (χ1) is 9.51. The number of nitrogens with one attached hydrogen (secondary N) is 1. The molecule has 0 spiro atoms. The highest BCUT2D eigenvalue weighted by atomic mass is 19.4. The molecular formula is C15H17F3N2. The summed E-state index contributed by atoms with van der Waals surface area (Å²) in [4.78, 5) is 4.07. The Hall–Kier alpha value is -1.62. The summed E-state index contributed by atoms with van der Waals surface area (Å²) in [5.74, 6) is 0. The third kappa shape index (κ3) is 3.70. The Morgan fingerprint density at radius 1 is 1.25 bits per heavy atom. The number of nitrogens with zero attached hydrogens (tertiary/aromatic N) is 1. The van der Waals surface area contributed by atoms with Gasteiger partial charge >= 0.3 is 6.18 Å². The molecule has 1 aromatic heterocycles. The molecule has 0 radical (unpaired) electrons. The summed E-state index contributed by atoms with van der Waals surface area (Å²) in [5.41, 5.74) is 0.877. The molecular weight excluding hydrogens is 265 g/mol. The number of halogens is 3. The van der Waals surface area contributed by atoms with E-state index in [-0.39, 0.29) is 12.5 Å². The van der Waals surface area contributed by atoms with E-state index in [4.69, 9.17) is 0 Å². The SMILES string of the molecule is CCNC(CCC(F)(F)F)c1cccc2ccncc12. The molecule has 2 nitrogen and oxygen atoms in total. The molecule has 1 aromatic carbocycles. The first-order valence-corrected chi connectivity index (χ1v) is 6.64. The molecule has 2 rings (SSSR count). The van der Waals surface area contributed by atoms with Crippen LogP contribution in [0.1, 0.15) is 31.4 Å². The van der Waals surface area contributed by atoms with Gasteiger partial charge in [-0.1, -0.05) is 25.1 Å². The van der Waals surface area contributed by atoms with Gasteiger partial charge in [0.2, 0.25) is 0 Å². The highest BCUT2D eigenvalue weighted by molar-refractivity contribution is 5.85. The maximum Gasteiger partial charge on any atom is 0.389 e. The maximum atomic E-state index is 12.4. The monoisotopic (exact) mass is 282 g/mol. The molecule has 0 amide bonds. The zero-order valence-corrected chi connectivity index (χ0v) is 11.2.